The number of nitrogens with one attached hydrogen (secondary N) is 1. The van der Waals surface area contributed by atoms with E-state index in [1.165, 1.54) is 36.0 Å². The van der Waals surface area contributed by atoms with Gasteiger partial charge < -0.3 is 19.9 Å². The number of ether oxygens (including phenoxy) is 2. The van der Waals surface area contributed by atoms with Crippen molar-refractivity contribution in [3.05, 3.63) is 48.0 Å². The largest absolute Gasteiger partial charge is 0.478 e. The van der Waals surface area contributed by atoms with Crippen LogP contribution in [-0.2, 0) is 9.59 Å². The van der Waals surface area contributed by atoms with Gasteiger partial charge in [-0.2, -0.15) is 0 Å². The second-order valence-corrected chi connectivity index (χ2v) is 7.92. The first-order chi connectivity index (χ1) is 14.9. The van der Waals surface area contributed by atoms with Gasteiger partial charge in [-0.25, -0.2) is 9.79 Å². The molecule has 1 fully saturated rings. The Morgan fingerprint density at radius 2 is 1.94 bits per heavy atom. The van der Waals surface area contributed by atoms with E-state index in [9.17, 15) is 14.4 Å². The zero-order chi connectivity index (χ0) is 22.0. The number of nitrogens with zero attached hydrogens (tertiary/aromatic N) is 2. The highest BCUT2D eigenvalue weighted by atomic mass is 32.2. The molecule has 0 bridgehead atoms. The number of rotatable bonds is 5. The van der Waals surface area contributed by atoms with E-state index in [-0.39, 0.29) is 30.6 Å². The van der Waals surface area contributed by atoms with Crippen molar-refractivity contribution in [2.24, 2.45) is 4.99 Å². The maximum absolute atomic E-state index is 12.8. The Balaban J connectivity index is 1.52. The fourth-order valence-electron chi connectivity index (χ4n) is 3.14. The highest BCUT2D eigenvalue weighted by molar-refractivity contribution is 8.15. The van der Waals surface area contributed by atoms with Crippen molar-refractivity contribution >= 4 is 46.1 Å². The van der Waals surface area contributed by atoms with Crippen LogP contribution in [0, 0.1) is 0 Å². The standard InChI is InChI=1S/C21H19N3O6S/c1-2-24-18(25)10-17(19(26)22-13-5-3-12(4-6-13)20(27)28)31-21(24)23-14-7-8-15-16(9-14)30-11-29-15/h3-9,17H,2,10-11H2,1H3,(H,22,26)(H,27,28)/t17-/m0/s1. The minimum absolute atomic E-state index is 0.0394. The third-order valence-electron chi connectivity index (χ3n) is 4.73. The number of amidine groups is 1. The third-order valence-corrected chi connectivity index (χ3v) is 5.92. The summed E-state index contributed by atoms with van der Waals surface area (Å²) in [5, 5.41) is 11.5. The van der Waals surface area contributed by atoms with E-state index < -0.39 is 11.2 Å². The van der Waals surface area contributed by atoms with Gasteiger partial charge in [0.15, 0.2) is 16.7 Å². The summed E-state index contributed by atoms with van der Waals surface area (Å²) < 4.78 is 10.7. The molecule has 0 spiro atoms. The maximum Gasteiger partial charge on any atom is 0.335 e. The molecule has 2 aromatic carbocycles. The van der Waals surface area contributed by atoms with Gasteiger partial charge in [0.25, 0.3) is 0 Å². The van der Waals surface area contributed by atoms with Crippen LogP contribution in [0.15, 0.2) is 47.5 Å². The fourth-order valence-corrected chi connectivity index (χ4v) is 4.30. The molecule has 0 radical (unpaired) electrons. The van der Waals surface area contributed by atoms with Crippen LogP contribution in [0.5, 0.6) is 11.5 Å². The number of thioether (sulfide) groups is 1. The molecule has 0 aliphatic carbocycles. The number of anilines is 1. The van der Waals surface area contributed by atoms with Crippen molar-refractivity contribution < 1.29 is 29.0 Å². The number of carbonyl (C=O) groups excluding carboxylic acids is 2. The molecule has 0 saturated carbocycles. The van der Waals surface area contributed by atoms with Crippen molar-refractivity contribution in [2.75, 3.05) is 18.7 Å². The molecular weight excluding hydrogens is 422 g/mol. The summed E-state index contributed by atoms with van der Waals surface area (Å²) in [5.41, 5.74) is 1.16. The topological polar surface area (TPSA) is 118 Å². The van der Waals surface area contributed by atoms with Gasteiger partial charge in [0.2, 0.25) is 18.6 Å². The monoisotopic (exact) mass is 441 g/mol. The molecule has 1 saturated heterocycles. The average Bonchev–Trinajstić information content (AvgIpc) is 3.22. The number of hydrogen-bond donors (Lipinski definition) is 2. The molecule has 2 heterocycles. The molecular formula is C21H19N3O6S. The molecule has 1 atom stereocenters. The molecule has 31 heavy (non-hydrogen) atoms. The van der Waals surface area contributed by atoms with Gasteiger partial charge in [-0.15, -0.1) is 0 Å². The van der Waals surface area contributed by atoms with Crippen molar-refractivity contribution in [1.29, 1.82) is 0 Å². The lowest BCUT2D eigenvalue weighted by molar-refractivity contribution is -0.129. The summed E-state index contributed by atoms with van der Waals surface area (Å²) in [6, 6.07) is 11.1. The second-order valence-electron chi connectivity index (χ2n) is 6.75. The number of hydrogen-bond acceptors (Lipinski definition) is 7. The smallest absolute Gasteiger partial charge is 0.335 e. The van der Waals surface area contributed by atoms with Crippen molar-refractivity contribution in [3.8, 4) is 11.5 Å². The predicted molar refractivity (Wildman–Crippen MR) is 115 cm³/mol. The zero-order valence-electron chi connectivity index (χ0n) is 16.5. The number of fused-ring (bicyclic) bond motifs is 1. The van der Waals surface area contributed by atoms with E-state index in [1.54, 1.807) is 23.1 Å². The van der Waals surface area contributed by atoms with E-state index in [0.717, 1.165) is 0 Å². The van der Waals surface area contributed by atoms with E-state index in [4.69, 9.17) is 14.6 Å². The van der Waals surface area contributed by atoms with Gasteiger partial charge in [0.1, 0.15) is 5.25 Å². The first-order valence-corrected chi connectivity index (χ1v) is 10.4. The minimum Gasteiger partial charge on any atom is -0.478 e. The number of benzene rings is 2. The van der Waals surface area contributed by atoms with Gasteiger partial charge in [0.05, 0.1) is 11.3 Å². The molecule has 0 aromatic heterocycles. The van der Waals surface area contributed by atoms with E-state index in [2.05, 4.69) is 10.3 Å². The number of carboxylic acid groups (broad SMARTS) is 1. The maximum atomic E-state index is 12.8. The van der Waals surface area contributed by atoms with Crippen LogP contribution in [0.3, 0.4) is 0 Å². The number of carboxylic acids is 1. The van der Waals surface area contributed by atoms with Crippen molar-refractivity contribution in [3.63, 3.8) is 0 Å². The van der Waals surface area contributed by atoms with Crippen molar-refractivity contribution in [1.82, 2.24) is 4.90 Å². The van der Waals surface area contributed by atoms with E-state index in [1.807, 2.05) is 6.92 Å². The van der Waals surface area contributed by atoms with Crippen LogP contribution in [0.2, 0.25) is 0 Å². The first kappa shape index (κ1) is 20.7. The molecule has 160 valence electrons. The minimum atomic E-state index is -1.05. The fraction of sp³-hybridized carbons (Fsp3) is 0.238. The molecule has 2 aliphatic rings. The van der Waals surface area contributed by atoms with Crippen LogP contribution in [0.25, 0.3) is 0 Å². The SMILES string of the molecule is CCN1C(=O)C[C@@H](C(=O)Nc2ccc(C(=O)O)cc2)SC1=Nc1ccc2c(c1)OCO2. The van der Waals surface area contributed by atoms with Crippen LogP contribution < -0.4 is 14.8 Å². The number of carbonyl (C=O) groups is 3. The van der Waals surface area contributed by atoms with Gasteiger partial charge in [-0.3, -0.25) is 14.5 Å². The van der Waals surface area contributed by atoms with Crippen LogP contribution in [0.4, 0.5) is 11.4 Å². The first-order valence-electron chi connectivity index (χ1n) is 9.54. The third kappa shape index (κ3) is 4.48. The lowest BCUT2D eigenvalue weighted by Gasteiger charge is -2.30. The molecule has 0 unspecified atom stereocenters. The molecule has 2 aliphatic heterocycles. The van der Waals surface area contributed by atoms with Crippen LogP contribution >= 0.6 is 11.8 Å². The summed E-state index contributed by atoms with van der Waals surface area (Å²) in [7, 11) is 0. The van der Waals surface area contributed by atoms with Gasteiger partial charge >= 0.3 is 5.97 Å². The molecule has 9 nitrogen and oxygen atoms in total. The molecule has 10 heteroatoms. The molecule has 2 aromatic rings. The number of amides is 2. The van der Waals surface area contributed by atoms with Gasteiger partial charge in [-0.05, 0) is 43.3 Å². The Morgan fingerprint density at radius 3 is 2.65 bits per heavy atom. The normalized spacial score (nSPS) is 18.9. The Kier molecular flexibility index (Phi) is 5.81. The van der Waals surface area contributed by atoms with Gasteiger partial charge in [-0.1, -0.05) is 11.8 Å². The van der Waals surface area contributed by atoms with Crippen LogP contribution in [0.1, 0.15) is 23.7 Å². The molecule has 2 amide bonds. The van der Waals surface area contributed by atoms with Crippen molar-refractivity contribution in [2.45, 2.75) is 18.6 Å². The highest BCUT2D eigenvalue weighted by Gasteiger charge is 2.35. The summed E-state index contributed by atoms with van der Waals surface area (Å²) in [6.45, 7) is 2.43. The lowest BCUT2D eigenvalue weighted by Crippen LogP contribution is -2.45. The predicted octanol–water partition coefficient (Wildman–Crippen LogP) is 3.09. The quantitative estimate of drug-likeness (QED) is 0.732. The summed E-state index contributed by atoms with van der Waals surface area (Å²) in [6.07, 6.45) is 0.0394. The Labute approximate surface area is 182 Å². The van der Waals surface area contributed by atoms with Crippen LogP contribution in [-0.4, -0.2) is 51.5 Å². The van der Waals surface area contributed by atoms with Gasteiger partial charge in [0, 0.05) is 24.7 Å². The van der Waals surface area contributed by atoms with E-state index >= 15 is 0 Å². The highest BCUT2D eigenvalue weighted by Crippen LogP contribution is 2.36. The summed E-state index contributed by atoms with van der Waals surface area (Å²) in [5.74, 6) is -0.376. The average molecular weight is 441 g/mol. The Morgan fingerprint density at radius 1 is 1.19 bits per heavy atom. The summed E-state index contributed by atoms with van der Waals surface area (Å²) >= 11 is 1.21. The number of aliphatic imine (C=N–C) groups is 1. The molecule has 4 rings (SSSR count). The Hall–Kier alpha value is -3.53. The lowest BCUT2D eigenvalue weighted by atomic mass is 10.2. The second kappa shape index (κ2) is 8.68. The van der Waals surface area contributed by atoms with E-state index in [0.29, 0.717) is 34.6 Å². The zero-order valence-corrected chi connectivity index (χ0v) is 17.3. The molecule has 2 N–H and O–H groups in total. The summed E-state index contributed by atoms with van der Waals surface area (Å²) in [4.78, 5) is 42.5. The Bertz CT molecular complexity index is 1070. The number of aromatic carboxylic acids is 1.